The highest BCUT2D eigenvalue weighted by Gasteiger charge is 2.37. The van der Waals surface area contributed by atoms with E-state index in [0.29, 0.717) is 28.9 Å². The van der Waals surface area contributed by atoms with E-state index in [0.717, 1.165) is 11.3 Å². The van der Waals surface area contributed by atoms with Crippen molar-refractivity contribution in [2.75, 3.05) is 13.6 Å². The molecular formula is C20H23FN4O2. The van der Waals surface area contributed by atoms with Crippen LogP contribution in [0.1, 0.15) is 46.7 Å². The van der Waals surface area contributed by atoms with E-state index in [1.807, 2.05) is 20.8 Å². The van der Waals surface area contributed by atoms with Crippen LogP contribution >= 0.6 is 0 Å². The fourth-order valence-corrected chi connectivity index (χ4v) is 3.61. The summed E-state index contributed by atoms with van der Waals surface area (Å²) in [5.41, 5.74) is 2.98. The number of carbonyl (C=O) groups excluding carboxylic acids is 2. The number of likely N-dealkylation sites (N-methyl/N-ethyl adjacent to an activating group) is 1. The zero-order valence-corrected chi connectivity index (χ0v) is 16.1. The van der Waals surface area contributed by atoms with E-state index < -0.39 is 5.41 Å². The molecule has 142 valence electrons. The van der Waals surface area contributed by atoms with Crippen LogP contribution in [0.25, 0.3) is 5.57 Å². The van der Waals surface area contributed by atoms with E-state index >= 15 is 0 Å². The Morgan fingerprint density at radius 3 is 2.63 bits per heavy atom. The number of amides is 2. The minimum absolute atomic E-state index is 0.289. The lowest BCUT2D eigenvalue weighted by molar-refractivity contribution is -0.115. The Morgan fingerprint density at radius 2 is 2.00 bits per heavy atom. The number of carbonyl (C=O) groups is 2. The summed E-state index contributed by atoms with van der Waals surface area (Å²) in [6.07, 6.45) is 1.55. The Kier molecular flexibility index (Phi) is 4.63. The Morgan fingerprint density at radius 1 is 1.30 bits per heavy atom. The first-order valence-corrected chi connectivity index (χ1v) is 8.72. The summed E-state index contributed by atoms with van der Waals surface area (Å²) in [5.74, 6) is -0.963. The van der Waals surface area contributed by atoms with Crippen molar-refractivity contribution in [3.8, 4) is 0 Å². The Balaban J connectivity index is 2.12. The topological polar surface area (TPSA) is 78.1 Å². The molecule has 0 atom stereocenters. The summed E-state index contributed by atoms with van der Waals surface area (Å²) in [6.45, 7) is 7.86. The molecule has 7 heteroatoms. The fraction of sp³-hybridized carbons (Fsp3) is 0.350. The van der Waals surface area contributed by atoms with Crippen LogP contribution in [-0.4, -0.2) is 40.5 Å². The Hall–Kier alpha value is -2.96. The smallest absolute Gasteiger partial charge is 0.257 e. The quantitative estimate of drug-likeness (QED) is 0.853. The van der Waals surface area contributed by atoms with Crippen molar-refractivity contribution in [2.45, 2.75) is 33.1 Å². The number of H-pyrrole nitrogens is 1. The van der Waals surface area contributed by atoms with E-state index in [4.69, 9.17) is 0 Å². The van der Waals surface area contributed by atoms with Gasteiger partial charge in [-0.3, -0.25) is 14.7 Å². The summed E-state index contributed by atoms with van der Waals surface area (Å²) in [5, 5.41) is 9.81. The second kappa shape index (κ2) is 6.64. The van der Waals surface area contributed by atoms with Gasteiger partial charge in [-0.05, 0) is 37.6 Å². The third-order valence-corrected chi connectivity index (χ3v) is 4.88. The summed E-state index contributed by atoms with van der Waals surface area (Å²) in [4.78, 5) is 27.1. The van der Waals surface area contributed by atoms with Crippen molar-refractivity contribution in [3.63, 3.8) is 0 Å². The summed E-state index contributed by atoms with van der Waals surface area (Å²) in [6, 6.07) is 4.27. The highest BCUT2D eigenvalue weighted by Crippen LogP contribution is 2.36. The van der Waals surface area contributed by atoms with Gasteiger partial charge in [0.15, 0.2) is 0 Å². The molecule has 0 radical (unpaired) electrons. The van der Waals surface area contributed by atoms with Gasteiger partial charge in [0.1, 0.15) is 5.82 Å². The van der Waals surface area contributed by atoms with Crippen molar-refractivity contribution < 1.29 is 14.0 Å². The number of aryl methyl sites for hydroxylation is 2. The molecule has 0 spiro atoms. The molecule has 2 amide bonds. The molecule has 0 saturated carbocycles. The normalized spacial score (nSPS) is 15.6. The Labute approximate surface area is 157 Å². The van der Waals surface area contributed by atoms with Gasteiger partial charge in [0.05, 0.1) is 17.0 Å². The van der Waals surface area contributed by atoms with Crippen molar-refractivity contribution in [1.29, 1.82) is 0 Å². The molecule has 2 N–H and O–H groups in total. The minimum atomic E-state index is -0.441. The van der Waals surface area contributed by atoms with Gasteiger partial charge in [-0.2, -0.15) is 5.10 Å². The van der Waals surface area contributed by atoms with Gasteiger partial charge in [-0.1, -0.05) is 13.8 Å². The molecule has 2 aromatic rings. The van der Waals surface area contributed by atoms with E-state index in [2.05, 4.69) is 15.5 Å². The number of fused-ring (bicyclic) bond motifs is 1. The number of hydrogen-bond acceptors (Lipinski definition) is 3. The van der Waals surface area contributed by atoms with Crippen LogP contribution in [0.4, 0.5) is 4.39 Å². The van der Waals surface area contributed by atoms with Crippen LogP contribution < -0.4 is 5.32 Å². The van der Waals surface area contributed by atoms with Gasteiger partial charge in [-0.15, -0.1) is 0 Å². The minimum Gasteiger partial charge on any atom is -0.355 e. The molecule has 27 heavy (non-hydrogen) atoms. The van der Waals surface area contributed by atoms with Gasteiger partial charge >= 0.3 is 0 Å². The maximum atomic E-state index is 13.6. The number of nitrogens with zero attached hydrogens (tertiary/aromatic N) is 2. The maximum absolute atomic E-state index is 13.6. The molecule has 0 bridgehead atoms. The predicted octanol–water partition coefficient (Wildman–Crippen LogP) is 2.69. The lowest BCUT2D eigenvalue weighted by Gasteiger charge is -2.29. The van der Waals surface area contributed by atoms with Crippen LogP contribution in [-0.2, 0) is 10.2 Å². The first kappa shape index (κ1) is 18.8. The van der Waals surface area contributed by atoms with Crippen molar-refractivity contribution in [1.82, 2.24) is 20.4 Å². The molecule has 1 aliphatic rings. The molecule has 6 nitrogen and oxygen atoms in total. The fourth-order valence-electron chi connectivity index (χ4n) is 3.61. The van der Waals surface area contributed by atoms with E-state index in [-0.39, 0.29) is 17.6 Å². The number of halogens is 1. The van der Waals surface area contributed by atoms with Gasteiger partial charge < -0.3 is 10.2 Å². The average molecular weight is 370 g/mol. The van der Waals surface area contributed by atoms with Gasteiger partial charge in [0, 0.05) is 36.3 Å². The first-order chi connectivity index (χ1) is 12.7. The molecule has 1 aliphatic heterocycles. The molecule has 3 rings (SSSR count). The van der Waals surface area contributed by atoms with E-state index in [1.165, 1.54) is 30.1 Å². The molecule has 0 fully saturated rings. The second-order valence-corrected chi connectivity index (χ2v) is 7.46. The molecule has 1 aromatic carbocycles. The molecule has 0 saturated heterocycles. The van der Waals surface area contributed by atoms with Crippen LogP contribution in [0.5, 0.6) is 0 Å². The molecule has 2 heterocycles. The van der Waals surface area contributed by atoms with Crippen LogP contribution in [0.15, 0.2) is 24.4 Å². The third kappa shape index (κ3) is 3.25. The SMILES string of the molecule is CNC(=O)C1=CN(C(=O)c2ccc(F)c(C)c2)CC(C)(C)c2c(C)n[nH]c21. The first-order valence-electron chi connectivity index (χ1n) is 8.72. The number of aromatic nitrogens is 2. The molecule has 0 unspecified atom stereocenters. The number of benzene rings is 1. The van der Waals surface area contributed by atoms with Crippen LogP contribution in [0.2, 0.25) is 0 Å². The lowest BCUT2D eigenvalue weighted by atomic mass is 9.82. The highest BCUT2D eigenvalue weighted by atomic mass is 19.1. The summed E-state index contributed by atoms with van der Waals surface area (Å²) < 4.78 is 13.6. The highest BCUT2D eigenvalue weighted by molar-refractivity contribution is 6.20. The van der Waals surface area contributed by atoms with Crippen LogP contribution in [0.3, 0.4) is 0 Å². The average Bonchev–Trinajstić information content (AvgIpc) is 2.96. The van der Waals surface area contributed by atoms with Crippen molar-refractivity contribution in [2.24, 2.45) is 0 Å². The van der Waals surface area contributed by atoms with Crippen LogP contribution in [0, 0.1) is 19.7 Å². The standard InChI is InChI=1S/C20H23FN4O2/c1-11-8-13(6-7-15(11)21)19(27)25-9-14(18(26)22-5)17-16(12(2)23-24-17)20(3,4)10-25/h6-9H,10H2,1-5H3,(H,22,26)(H,23,24). The van der Waals surface area contributed by atoms with Gasteiger partial charge in [0.25, 0.3) is 11.8 Å². The molecular weight excluding hydrogens is 347 g/mol. The number of aromatic amines is 1. The van der Waals surface area contributed by atoms with E-state index in [9.17, 15) is 14.0 Å². The van der Waals surface area contributed by atoms with Crippen molar-refractivity contribution in [3.05, 3.63) is 58.3 Å². The van der Waals surface area contributed by atoms with Gasteiger partial charge in [-0.25, -0.2) is 4.39 Å². The summed E-state index contributed by atoms with van der Waals surface area (Å²) >= 11 is 0. The largest absolute Gasteiger partial charge is 0.355 e. The lowest BCUT2D eigenvalue weighted by Crippen LogP contribution is -2.37. The molecule has 0 aliphatic carbocycles. The number of hydrogen-bond donors (Lipinski definition) is 2. The summed E-state index contributed by atoms with van der Waals surface area (Å²) in [7, 11) is 1.54. The second-order valence-electron chi connectivity index (χ2n) is 7.46. The number of rotatable bonds is 2. The monoisotopic (exact) mass is 370 g/mol. The Bertz CT molecular complexity index is 959. The molecule has 1 aromatic heterocycles. The maximum Gasteiger partial charge on any atom is 0.257 e. The van der Waals surface area contributed by atoms with Gasteiger partial charge in [0.2, 0.25) is 0 Å². The van der Waals surface area contributed by atoms with E-state index in [1.54, 1.807) is 13.1 Å². The zero-order chi connectivity index (χ0) is 19.9. The third-order valence-electron chi connectivity index (χ3n) is 4.88. The predicted molar refractivity (Wildman–Crippen MR) is 101 cm³/mol. The van der Waals surface area contributed by atoms with Crippen molar-refractivity contribution >= 4 is 17.4 Å². The zero-order valence-electron chi connectivity index (χ0n) is 16.1. The number of nitrogens with one attached hydrogen (secondary N) is 2.